The maximum Gasteiger partial charge on any atom is 0.0732 e. The van der Waals surface area contributed by atoms with Crippen LogP contribution in [0.3, 0.4) is 0 Å². The quantitative estimate of drug-likeness (QED) is 0.733. The molecule has 2 nitrogen and oxygen atoms in total. The highest BCUT2D eigenvalue weighted by atomic mass is 16.5. The van der Waals surface area contributed by atoms with E-state index in [2.05, 4.69) is 19.2 Å². The summed E-state index contributed by atoms with van der Waals surface area (Å²) in [4.78, 5) is 0. The molecule has 2 aliphatic rings. The molecule has 0 spiro atoms. The molecule has 2 saturated heterocycles. The lowest BCUT2D eigenvalue weighted by molar-refractivity contribution is 0.0114. The molecule has 0 unspecified atom stereocenters. The van der Waals surface area contributed by atoms with Crippen molar-refractivity contribution in [1.82, 2.24) is 5.32 Å². The van der Waals surface area contributed by atoms with Crippen molar-refractivity contribution in [2.75, 3.05) is 6.54 Å². The van der Waals surface area contributed by atoms with Gasteiger partial charge in [-0.25, -0.2) is 0 Å². The first-order valence-corrected chi connectivity index (χ1v) is 6.18. The van der Waals surface area contributed by atoms with Gasteiger partial charge in [-0.05, 0) is 44.6 Å². The zero-order valence-electron chi connectivity index (χ0n) is 9.46. The van der Waals surface area contributed by atoms with E-state index in [0.717, 1.165) is 5.92 Å². The van der Waals surface area contributed by atoms with Gasteiger partial charge in [0.2, 0.25) is 0 Å². The van der Waals surface area contributed by atoms with E-state index in [-0.39, 0.29) is 0 Å². The van der Waals surface area contributed by atoms with Gasteiger partial charge in [0, 0.05) is 6.04 Å². The van der Waals surface area contributed by atoms with Gasteiger partial charge >= 0.3 is 0 Å². The Kier molecular flexibility index (Phi) is 3.45. The van der Waals surface area contributed by atoms with E-state index in [0.29, 0.717) is 18.2 Å². The largest absolute Gasteiger partial charge is 0.373 e. The van der Waals surface area contributed by atoms with Crippen molar-refractivity contribution < 1.29 is 4.74 Å². The molecule has 1 N–H and O–H groups in total. The van der Waals surface area contributed by atoms with E-state index in [1.165, 1.54) is 38.6 Å². The number of rotatable bonds is 2. The summed E-state index contributed by atoms with van der Waals surface area (Å²) in [7, 11) is 0. The van der Waals surface area contributed by atoms with Crippen LogP contribution in [0.1, 0.15) is 46.0 Å². The van der Waals surface area contributed by atoms with Crippen LogP contribution in [0.4, 0.5) is 0 Å². The van der Waals surface area contributed by atoms with E-state index in [9.17, 15) is 0 Å². The predicted octanol–water partition coefficient (Wildman–Crippen LogP) is 2.33. The van der Waals surface area contributed by atoms with E-state index in [1.807, 2.05) is 0 Å². The molecular weight excluding hydrogens is 174 g/mol. The highest BCUT2D eigenvalue weighted by Crippen LogP contribution is 2.28. The van der Waals surface area contributed by atoms with Crippen molar-refractivity contribution in [1.29, 1.82) is 0 Å². The average molecular weight is 197 g/mol. The topological polar surface area (TPSA) is 21.3 Å². The second-order valence-electron chi connectivity index (χ2n) is 4.97. The normalized spacial score (nSPS) is 44.1. The van der Waals surface area contributed by atoms with Gasteiger partial charge in [-0.3, -0.25) is 0 Å². The third-order valence-electron chi connectivity index (χ3n) is 3.74. The van der Waals surface area contributed by atoms with Gasteiger partial charge in [0.05, 0.1) is 12.2 Å². The zero-order chi connectivity index (χ0) is 9.97. The van der Waals surface area contributed by atoms with Crippen molar-refractivity contribution >= 4 is 0 Å². The molecule has 2 rings (SSSR count). The molecule has 14 heavy (non-hydrogen) atoms. The third-order valence-corrected chi connectivity index (χ3v) is 3.74. The van der Waals surface area contributed by atoms with Crippen LogP contribution in [-0.2, 0) is 4.74 Å². The second kappa shape index (κ2) is 4.63. The monoisotopic (exact) mass is 197 g/mol. The summed E-state index contributed by atoms with van der Waals surface area (Å²) < 4.78 is 6.04. The number of nitrogens with one attached hydrogen (secondary N) is 1. The average Bonchev–Trinajstić information content (AvgIpc) is 2.66. The standard InChI is InChI=1S/C12H23NO/c1-3-10-4-5-12(14-10)11-8-9(2)6-7-13-11/h9-13H,3-8H2,1-2H3/t9-,10-,11-,12-/m1/s1. The summed E-state index contributed by atoms with van der Waals surface area (Å²) >= 11 is 0. The zero-order valence-corrected chi connectivity index (χ0v) is 9.46. The SMILES string of the molecule is CC[C@@H]1CC[C@H]([C@H]2C[C@H](C)CCN2)O1. The van der Waals surface area contributed by atoms with Crippen LogP contribution < -0.4 is 5.32 Å². The molecule has 2 fully saturated rings. The molecule has 0 aromatic carbocycles. The van der Waals surface area contributed by atoms with Gasteiger partial charge in [0.15, 0.2) is 0 Å². The minimum atomic E-state index is 0.502. The van der Waals surface area contributed by atoms with Crippen molar-refractivity contribution in [3.8, 4) is 0 Å². The number of piperidine rings is 1. The molecule has 2 aliphatic heterocycles. The number of ether oxygens (including phenoxy) is 1. The molecule has 0 aromatic rings. The minimum Gasteiger partial charge on any atom is -0.373 e. The van der Waals surface area contributed by atoms with Crippen LogP contribution in [-0.4, -0.2) is 24.8 Å². The molecule has 0 saturated carbocycles. The van der Waals surface area contributed by atoms with E-state index in [4.69, 9.17) is 4.74 Å². The van der Waals surface area contributed by atoms with Crippen LogP contribution in [0.25, 0.3) is 0 Å². The Balaban J connectivity index is 1.83. The van der Waals surface area contributed by atoms with E-state index >= 15 is 0 Å². The van der Waals surface area contributed by atoms with E-state index in [1.54, 1.807) is 0 Å². The Morgan fingerprint density at radius 3 is 2.79 bits per heavy atom. The Labute approximate surface area is 87.4 Å². The maximum atomic E-state index is 6.04. The fourth-order valence-corrected chi connectivity index (χ4v) is 2.76. The third kappa shape index (κ3) is 2.29. The molecule has 0 amide bonds. The second-order valence-corrected chi connectivity index (χ2v) is 4.97. The smallest absolute Gasteiger partial charge is 0.0732 e. The first kappa shape index (κ1) is 10.4. The Bertz CT molecular complexity index is 183. The minimum absolute atomic E-state index is 0.502. The van der Waals surface area contributed by atoms with Gasteiger partial charge in [-0.1, -0.05) is 13.8 Å². The van der Waals surface area contributed by atoms with Gasteiger partial charge < -0.3 is 10.1 Å². The number of hydrogen-bond donors (Lipinski definition) is 1. The lowest BCUT2D eigenvalue weighted by Gasteiger charge is -2.32. The molecule has 4 atom stereocenters. The molecule has 0 aliphatic carbocycles. The van der Waals surface area contributed by atoms with Gasteiger partial charge in [-0.15, -0.1) is 0 Å². The molecular formula is C12H23NO. The molecule has 2 heteroatoms. The molecule has 82 valence electrons. The molecule has 0 aromatic heterocycles. The predicted molar refractivity (Wildman–Crippen MR) is 58.4 cm³/mol. The lowest BCUT2D eigenvalue weighted by atomic mass is 9.90. The summed E-state index contributed by atoms with van der Waals surface area (Å²) in [6.07, 6.45) is 7.40. The van der Waals surface area contributed by atoms with Crippen molar-refractivity contribution in [2.24, 2.45) is 5.92 Å². The molecule has 0 bridgehead atoms. The van der Waals surface area contributed by atoms with Gasteiger partial charge in [0.25, 0.3) is 0 Å². The lowest BCUT2D eigenvalue weighted by Crippen LogP contribution is -2.45. The van der Waals surface area contributed by atoms with Gasteiger partial charge in [-0.2, -0.15) is 0 Å². The Hall–Kier alpha value is -0.0800. The maximum absolute atomic E-state index is 6.04. The van der Waals surface area contributed by atoms with Gasteiger partial charge in [0.1, 0.15) is 0 Å². The van der Waals surface area contributed by atoms with Crippen LogP contribution >= 0.6 is 0 Å². The summed E-state index contributed by atoms with van der Waals surface area (Å²) in [5.41, 5.74) is 0. The van der Waals surface area contributed by atoms with Crippen LogP contribution in [0.2, 0.25) is 0 Å². The molecule has 0 radical (unpaired) electrons. The van der Waals surface area contributed by atoms with E-state index < -0.39 is 0 Å². The fraction of sp³-hybridized carbons (Fsp3) is 1.00. The Morgan fingerprint density at radius 1 is 1.29 bits per heavy atom. The van der Waals surface area contributed by atoms with Crippen LogP contribution in [0, 0.1) is 5.92 Å². The first-order valence-electron chi connectivity index (χ1n) is 6.18. The Morgan fingerprint density at radius 2 is 2.14 bits per heavy atom. The number of hydrogen-bond acceptors (Lipinski definition) is 2. The van der Waals surface area contributed by atoms with Crippen molar-refractivity contribution in [3.05, 3.63) is 0 Å². The first-order chi connectivity index (χ1) is 6.79. The van der Waals surface area contributed by atoms with Crippen LogP contribution in [0.15, 0.2) is 0 Å². The highest BCUT2D eigenvalue weighted by molar-refractivity contribution is 4.87. The summed E-state index contributed by atoms with van der Waals surface area (Å²) in [5.74, 6) is 0.880. The fourth-order valence-electron chi connectivity index (χ4n) is 2.76. The summed E-state index contributed by atoms with van der Waals surface area (Å²) in [5, 5.41) is 3.61. The van der Waals surface area contributed by atoms with Crippen molar-refractivity contribution in [3.63, 3.8) is 0 Å². The molecule has 2 heterocycles. The van der Waals surface area contributed by atoms with Crippen molar-refractivity contribution in [2.45, 2.75) is 64.2 Å². The highest BCUT2D eigenvalue weighted by Gasteiger charge is 2.32. The summed E-state index contributed by atoms with van der Waals surface area (Å²) in [6.45, 7) is 5.77. The summed E-state index contributed by atoms with van der Waals surface area (Å²) in [6, 6.07) is 0.635. The van der Waals surface area contributed by atoms with Crippen LogP contribution in [0.5, 0.6) is 0 Å².